The van der Waals surface area contributed by atoms with Gasteiger partial charge in [0.05, 0.1) is 39.8 Å². The quantitative estimate of drug-likeness (QED) is 0.258. The maximum Gasteiger partial charge on any atom is 0.344 e. The summed E-state index contributed by atoms with van der Waals surface area (Å²) in [5, 5.41) is 12.2. The van der Waals surface area contributed by atoms with Crippen molar-refractivity contribution in [3.05, 3.63) is 34.4 Å². The molecule has 4 atom stereocenters. The van der Waals surface area contributed by atoms with Crippen molar-refractivity contribution < 1.29 is 52.3 Å². The summed E-state index contributed by atoms with van der Waals surface area (Å²) in [6.45, 7) is 1.64. The first-order valence-corrected chi connectivity index (χ1v) is 12.9. The van der Waals surface area contributed by atoms with Gasteiger partial charge in [-0.15, -0.1) is 0 Å². The summed E-state index contributed by atoms with van der Waals surface area (Å²) in [5.74, 6) is -2.50. The number of rotatable bonds is 11. The Labute approximate surface area is 243 Å². The van der Waals surface area contributed by atoms with E-state index in [1.54, 1.807) is 13.8 Å². The number of aliphatic hydroxyl groups excluding tert-OH is 1. The van der Waals surface area contributed by atoms with E-state index in [0.717, 1.165) is 10.9 Å². The number of H-pyrrole nitrogens is 1. The molecular formula is C26H30FN5O11. The van der Waals surface area contributed by atoms with Gasteiger partial charge < -0.3 is 33.5 Å². The minimum absolute atomic E-state index is 0.0263. The van der Waals surface area contributed by atoms with Crippen molar-refractivity contribution in [2.45, 2.75) is 38.5 Å². The van der Waals surface area contributed by atoms with Crippen molar-refractivity contribution >= 4 is 35.0 Å². The van der Waals surface area contributed by atoms with Crippen LogP contribution in [0, 0.1) is 5.92 Å². The molecule has 1 aromatic carbocycles. The molecule has 43 heavy (non-hydrogen) atoms. The van der Waals surface area contributed by atoms with Crippen LogP contribution in [0.25, 0.3) is 11.2 Å². The van der Waals surface area contributed by atoms with Crippen molar-refractivity contribution in [3.8, 4) is 17.2 Å². The van der Waals surface area contributed by atoms with Crippen LogP contribution in [0.15, 0.2) is 23.3 Å². The first kappa shape index (κ1) is 31.2. The van der Waals surface area contributed by atoms with Gasteiger partial charge in [-0.2, -0.15) is 4.98 Å². The number of amides is 1. The molecule has 3 N–H and O–H groups in total. The number of imidazole rings is 1. The Bertz CT molecular complexity index is 1550. The zero-order chi connectivity index (χ0) is 31.4. The van der Waals surface area contributed by atoms with Crippen LogP contribution in [0.1, 0.15) is 30.4 Å². The molecule has 0 saturated carbocycles. The van der Waals surface area contributed by atoms with E-state index < -0.39 is 67.1 Å². The Balaban J connectivity index is 1.47. The van der Waals surface area contributed by atoms with Crippen LogP contribution in [0.2, 0.25) is 0 Å². The zero-order valence-corrected chi connectivity index (χ0v) is 23.8. The highest BCUT2D eigenvalue weighted by molar-refractivity contribution is 5.92. The maximum absolute atomic E-state index is 15.7. The molecule has 4 rings (SSSR count). The lowest BCUT2D eigenvalue weighted by Gasteiger charge is -2.18. The molecule has 17 heteroatoms. The third kappa shape index (κ3) is 6.36. The molecule has 3 heterocycles. The summed E-state index contributed by atoms with van der Waals surface area (Å²) in [5.41, 5.74) is -1.02. The number of hydrogen-bond acceptors (Lipinski definition) is 13. The first-order chi connectivity index (χ1) is 20.5. The zero-order valence-electron chi connectivity index (χ0n) is 23.8. The van der Waals surface area contributed by atoms with Crippen molar-refractivity contribution in [2.75, 3.05) is 39.9 Å². The highest BCUT2D eigenvalue weighted by Crippen LogP contribution is 2.38. The molecule has 0 bridgehead atoms. The Morgan fingerprint density at radius 2 is 1.84 bits per heavy atom. The topological polar surface area (TPSA) is 202 Å². The number of alkyl halides is 1. The van der Waals surface area contributed by atoms with Gasteiger partial charge >= 0.3 is 11.9 Å². The van der Waals surface area contributed by atoms with Gasteiger partial charge in [0.2, 0.25) is 17.6 Å². The smallest absolute Gasteiger partial charge is 0.344 e. The van der Waals surface area contributed by atoms with E-state index in [-0.39, 0.29) is 39.9 Å². The Hall–Kier alpha value is -4.77. The third-order valence-electron chi connectivity index (χ3n) is 6.41. The molecule has 4 unspecified atom stereocenters. The monoisotopic (exact) mass is 607 g/mol. The number of nitrogens with one attached hydrogen (secondary N) is 2. The molecule has 0 spiro atoms. The van der Waals surface area contributed by atoms with Gasteiger partial charge in [0.25, 0.3) is 5.56 Å². The van der Waals surface area contributed by atoms with Gasteiger partial charge in [-0.3, -0.25) is 24.5 Å². The standard InChI is InChI=1S/C26H30FN5O11/c1-11(2)22(35)30-26-29-21-18(23(36)31-26)28-10-32(21)24-17(27)20(15(8-33)42-24)43-16(34)9-41-25(37)12-6-13(38-3)19(40-5)14(7-12)39-4/h6-7,10-11,15,17,20,24,33H,8-9H2,1-5H3,(H2,29,30,31,35,36). The summed E-state index contributed by atoms with van der Waals surface area (Å²) < 4.78 is 48.1. The highest BCUT2D eigenvalue weighted by atomic mass is 19.1. The number of benzene rings is 1. The number of anilines is 1. The van der Waals surface area contributed by atoms with E-state index >= 15 is 4.39 Å². The van der Waals surface area contributed by atoms with Crippen molar-refractivity contribution in [1.82, 2.24) is 19.5 Å². The number of methoxy groups -OCH3 is 3. The number of hydrogen-bond donors (Lipinski definition) is 3. The minimum Gasteiger partial charge on any atom is -0.493 e. The van der Waals surface area contributed by atoms with Gasteiger partial charge in [-0.1, -0.05) is 13.8 Å². The van der Waals surface area contributed by atoms with Crippen LogP contribution in [-0.4, -0.2) is 95.4 Å². The lowest BCUT2D eigenvalue weighted by molar-refractivity contribution is -0.158. The van der Waals surface area contributed by atoms with E-state index in [2.05, 4.69) is 20.3 Å². The number of carbonyl (C=O) groups excluding carboxylic acids is 3. The second-order valence-electron chi connectivity index (χ2n) is 9.52. The summed E-state index contributed by atoms with van der Waals surface area (Å²) in [6, 6.07) is 2.63. The Morgan fingerprint density at radius 3 is 2.42 bits per heavy atom. The SMILES string of the molecule is COc1cc(C(=O)OCC(=O)OC2C(CO)OC(n3cnc4c(=O)[nH]c(NC(=O)C(C)C)nc43)C2F)cc(OC)c1OC. The number of nitrogens with zero attached hydrogens (tertiary/aromatic N) is 3. The van der Waals surface area contributed by atoms with E-state index in [0.29, 0.717) is 0 Å². The fraction of sp³-hybridized carbons (Fsp3) is 0.462. The third-order valence-corrected chi connectivity index (χ3v) is 6.41. The lowest BCUT2D eigenvalue weighted by atomic mass is 10.1. The predicted molar refractivity (Wildman–Crippen MR) is 144 cm³/mol. The van der Waals surface area contributed by atoms with Gasteiger partial charge in [-0.25, -0.2) is 19.0 Å². The molecule has 232 valence electrons. The lowest BCUT2D eigenvalue weighted by Crippen LogP contribution is -2.37. The maximum atomic E-state index is 15.7. The van der Waals surface area contributed by atoms with E-state index in [4.69, 9.17) is 28.4 Å². The van der Waals surface area contributed by atoms with E-state index in [1.807, 2.05) is 0 Å². The number of aliphatic hydroxyl groups is 1. The number of carbonyl (C=O) groups is 3. The average Bonchev–Trinajstić information content (AvgIpc) is 3.55. The molecule has 1 saturated heterocycles. The van der Waals surface area contributed by atoms with Crippen LogP contribution >= 0.6 is 0 Å². The van der Waals surface area contributed by atoms with E-state index in [1.165, 1.54) is 33.5 Å². The van der Waals surface area contributed by atoms with Crippen molar-refractivity contribution in [1.29, 1.82) is 0 Å². The number of aromatic nitrogens is 4. The molecule has 2 aromatic heterocycles. The Kier molecular flexibility index (Phi) is 9.45. The molecule has 0 aliphatic carbocycles. The first-order valence-electron chi connectivity index (χ1n) is 12.9. The van der Waals surface area contributed by atoms with Gasteiger partial charge in [-0.05, 0) is 12.1 Å². The van der Waals surface area contributed by atoms with Gasteiger partial charge in [0.1, 0.15) is 6.10 Å². The Morgan fingerprint density at radius 1 is 1.16 bits per heavy atom. The van der Waals surface area contributed by atoms with Crippen molar-refractivity contribution in [3.63, 3.8) is 0 Å². The van der Waals surface area contributed by atoms with Crippen LogP contribution in [-0.2, 0) is 23.8 Å². The molecule has 1 aliphatic heterocycles. The van der Waals surface area contributed by atoms with Gasteiger partial charge in [0.15, 0.2) is 47.8 Å². The van der Waals surface area contributed by atoms with Crippen LogP contribution in [0.5, 0.6) is 17.2 Å². The predicted octanol–water partition coefficient (Wildman–Crippen LogP) is 0.737. The summed E-state index contributed by atoms with van der Waals surface area (Å²) >= 11 is 0. The van der Waals surface area contributed by atoms with Gasteiger partial charge in [0, 0.05) is 5.92 Å². The normalized spacial score (nSPS) is 19.7. The van der Waals surface area contributed by atoms with Crippen molar-refractivity contribution in [2.24, 2.45) is 5.92 Å². The largest absolute Gasteiger partial charge is 0.493 e. The van der Waals surface area contributed by atoms with Crippen LogP contribution < -0.4 is 25.1 Å². The summed E-state index contributed by atoms with van der Waals surface area (Å²) in [6.07, 6.45) is -5.45. The molecule has 1 fully saturated rings. The number of halogens is 1. The second-order valence-corrected chi connectivity index (χ2v) is 9.52. The van der Waals surface area contributed by atoms with Crippen LogP contribution in [0.3, 0.4) is 0 Å². The van der Waals surface area contributed by atoms with Crippen LogP contribution in [0.4, 0.5) is 10.3 Å². The summed E-state index contributed by atoms with van der Waals surface area (Å²) in [4.78, 5) is 60.2. The molecule has 0 radical (unpaired) electrons. The number of fused-ring (bicyclic) bond motifs is 1. The number of ether oxygens (including phenoxy) is 6. The summed E-state index contributed by atoms with van der Waals surface area (Å²) in [7, 11) is 4.10. The molecule has 1 aliphatic rings. The minimum atomic E-state index is -2.07. The molecule has 16 nitrogen and oxygen atoms in total. The molecule has 1 amide bonds. The number of aromatic amines is 1. The fourth-order valence-corrected chi connectivity index (χ4v) is 4.23. The molecular weight excluding hydrogens is 577 g/mol. The average molecular weight is 608 g/mol. The van der Waals surface area contributed by atoms with E-state index in [9.17, 15) is 24.3 Å². The highest BCUT2D eigenvalue weighted by Gasteiger charge is 2.49. The fourth-order valence-electron chi connectivity index (χ4n) is 4.23. The second kappa shape index (κ2) is 13.0. The number of esters is 2. The molecule has 3 aromatic rings.